The fourth-order valence-electron chi connectivity index (χ4n) is 5.09. The predicted molar refractivity (Wildman–Crippen MR) is 115 cm³/mol. The number of hydrogen-bond acceptors (Lipinski definition) is 8. The number of ketones is 1. The number of amides is 2. The number of likely N-dealkylation sites (N-methyl/N-ethyl adjacent to an activating group) is 1. The second-order valence-electron chi connectivity index (χ2n) is 8.00. The van der Waals surface area contributed by atoms with Gasteiger partial charge in [0.1, 0.15) is 17.1 Å². The van der Waals surface area contributed by atoms with Crippen LogP contribution in [0.5, 0.6) is 5.75 Å². The number of thioether (sulfide) groups is 2. The van der Waals surface area contributed by atoms with Crippen molar-refractivity contribution in [2.24, 2.45) is 0 Å². The molecule has 2 amide bonds. The Balaban J connectivity index is 1.68. The number of para-hydroxylation sites is 1. The van der Waals surface area contributed by atoms with Gasteiger partial charge in [-0.3, -0.25) is 24.1 Å². The second kappa shape index (κ2) is 6.74. The molecule has 4 aliphatic rings. The van der Waals surface area contributed by atoms with Crippen LogP contribution >= 0.6 is 23.5 Å². The molecule has 3 heterocycles. The lowest BCUT2D eigenvalue weighted by atomic mass is 9.80. The summed E-state index contributed by atoms with van der Waals surface area (Å²) in [6, 6.07) is 7.27. The molecule has 8 nitrogen and oxygen atoms in total. The van der Waals surface area contributed by atoms with Crippen molar-refractivity contribution in [2.45, 2.75) is 40.4 Å². The van der Waals surface area contributed by atoms with Crippen molar-refractivity contribution >= 4 is 41.1 Å². The number of fused-ring (bicyclic) bond motifs is 2. The van der Waals surface area contributed by atoms with Crippen LogP contribution in [-0.2, 0) is 19.2 Å². The molecule has 1 aromatic rings. The fraction of sp³-hybridized carbons (Fsp3) is 0.476. The minimum Gasteiger partial charge on any atom is -0.456 e. The Morgan fingerprint density at radius 3 is 2.58 bits per heavy atom. The zero-order chi connectivity index (χ0) is 22.2. The first-order valence-corrected chi connectivity index (χ1v) is 12.4. The van der Waals surface area contributed by atoms with Crippen molar-refractivity contribution in [3.05, 3.63) is 42.0 Å². The monoisotopic (exact) mass is 462 g/mol. The van der Waals surface area contributed by atoms with Gasteiger partial charge >= 0.3 is 5.91 Å². The molecular weight excluding hydrogens is 440 g/mol. The Kier molecular flexibility index (Phi) is 4.54. The summed E-state index contributed by atoms with van der Waals surface area (Å²) in [5, 5.41) is 11.8. The maximum absolute atomic E-state index is 14.1. The topological polar surface area (TPSA) is 96.4 Å². The smallest absolute Gasteiger partial charge is 0.315 e. The van der Waals surface area contributed by atoms with Crippen molar-refractivity contribution in [1.82, 2.24) is 9.96 Å². The van der Waals surface area contributed by atoms with Gasteiger partial charge in [-0.15, -0.1) is 11.8 Å². The van der Waals surface area contributed by atoms with Crippen LogP contribution in [0, 0.1) is 0 Å². The number of carbonyl (C=O) groups excluding carboxylic acids is 3. The highest BCUT2D eigenvalue weighted by Crippen LogP contribution is 2.59. The maximum atomic E-state index is 14.1. The Morgan fingerprint density at radius 1 is 1.16 bits per heavy atom. The number of ether oxygens (including phenoxy) is 1. The highest BCUT2D eigenvalue weighted by molar-refractivity contribution is 8.00. The van der Waals surface area contributed by atoms with Crippen molar-refractivity contribution in [2.75, 3.05) is 19.6 Å². The summed E-state index contributed by atoms with van der Waals surface area (Å²) in [6.07, 6.45) is 5.64. The summed E-state index contributed by atoms with van der Waals surface area (Å²) in [4.78, 5) is 46.3. The molecule has 1 aliphatic carbocycles. The molecule has 0 bridgehead atoms. The van der Waals surface area contributed by atoms with Gasteiger partial charge in [-0.2, -0.15) is 16.8 Å². The van der Waals surface area contributed by atoms with Crippen LogP contribution in [-0.4, -0.2) is 74.5 Å². The average molecular weight is 463 g/mol. The molecule has 0 radical (unpaired) electrons. The van der Waals surface area contributed by atoms with Crippen LogP contribution in [0.1, 0.15) is 23.7 Å². The third-order valence-electron chi connectivity index (χ3n) is 6.71. The number of nitrogens with zero attached hydrogens (tertiary/aromatic N) is 2. The molecule has 0 saturated carbocycles. The lowest BCUT2D eigenvalue weighted by molar-refractivity contribution is -0.245. The van der Waals surface area contributed by atoms with Gasteiger partial charge in [-0.25, -0.2) is 0 Å². The first kappa shape index (κ1) is 20.9. The van der Waals surface area contributed by atoms with Crippen molar-refractivity contribution in [3.63, 3.8) is 0 Å². The average Bonchev–Trinajstić information content (AvgIpc) is 3.25. The van der Waals surface area contributed by atoms with E-state index in [1.807, 2.05) is 18.4 Å². The summed E-state index contributed by atoms with van der Waals surface area (Å²) in [6.45, 7) is 0. The van der Waals surface area contributed by atoms with Crippen LogP contribution in [0.15, 0.2) is 36.4 Å². The summed E-state index contributed by atoms with van der Waals surface area (Å²) < 4.78 is 6.19. The highest BCUT2D eigenvalue weighted by atomic mass is 32.2. The van der Waals surface area contributed by atoms with Crippen LogP contribution in [0.25, 0.3) is 0 Å². The summed E-state index contributed by atoms with van der Waals surface area (Å²) >= 11 is 2.38. The Morgan fingerprint density at radius 2 is 1.90 bits per heavy atom. The molecule has 1 N–H and O–H groups in total. The molecule has 31 heavy (non-hydrogen) atoms. The Hall–Kier alpha value is -2.01. The van der Waals surface area contributed by atoms with Crippen LogP contribution < -0.4 is 4.74 Å². The molecule has 5 rings (SSSR count). The standard InChI is InChI=1S/C21H22N2O6S2/c1-22-18(27)21(31-3)16(25)19(11-7-6-10-14(19)24)29-23(21)17(26)20(22)15(30-2)12-8-4-5-9-13(12)28-20/h4-6,8-10,15-16,25H,7,11H2,1-3H3/t15?,16-,19+,20+,21?/m1/s1. The quantitative estimate of drug-likeness (QED) is 0.707. The molecule has 2 saturated heterocycles. The minimum atomic E-state index is -1.78. The molecule has 10 heteroatoms. The van der Waals surface area contributed by atoms with Gasteiger partial charge < -0.3 is 9.84 Å². The number of hydrogen-bond donors (Lipinski definition) is 1. The van der Waals surface area contributed by atoms with E-state index >= 15 is 0 Å². The van der Waals surface area contributed by atoms with E-state index in [0.29, 0.717) is 12.2 Å². The minimum absolute atomic E-state index is 0.173. The number of hydroxylamine groups is 2. The van der Waals surface area contributed by atoms with Gasteiger partial charge in [0, 0.05) is 12.6 Å². The van der Waals surface area contributed by atoms with Gasteiger partial charge in [0.25, 0.3) is 11.6 Å². The van der Waals surface area contributed by atoms with E-state index in [2.05, 4.69) is 0 Å². The third kappa shape index (κ3) is 2.23. The summed E-state index contributed by atoms with van der Waals surface area (Å²) in [5.41, 5.74) is -2.57. The van der Waals surface area contributed by atoms with Crippen LogP contribution in [0.4, 0.5) is 0 Å². The maximum Gasteiger partial charge on any atom is 0.315 e. The van der Waals surface area contributed by atoms with Crippen LogP contribution in [0.2, 0.25) is 0 Å². The van der Waals surface area contributed by atoms with E-state index in [1.165, 1.54) is 29.8 Å². The number of aliphatic hydroxyl groups is 1. The van der Waals surface area contributed by atoms with Crippen molar-refractivity contribution in [1.29, 1.82) is 0 Å². The number of aliphatic hydroxyl groups excluding tert-OH is 1. The first-order valence-electron chi connectivity index (χ1n) is 9.88. The van der Waals surface area contributed by atoms with Crippen molar-refractivity contribution < 1.29 is 29.1 Å². The van der Waals surface area contributed by atoms with Gasteiger partial charge in [-0.05, 0) is 37.5 Å². The van der Waals surface area contributed by atoms with E-state index in [4.69, 9.17) is 9.57 Å². The van der Waals surface area contributed by atoms with Gasteiger partial charge in [0.15, 0.2) is 11.4 Å². The molecule has 0 aromatic heterocycles. The number of allylic oxidation sites excluding steroid dienone is 1. The lowest BCUT2D eigenvalue weighted by Crippen LogP contribution is -2.77. The van der Waals surface area contributed by atoms with Crippen molar-refractivity contribution in [3.8, 4) is 5.75 Å². The Bertz CT molecular complexity index is 1030. The van der Waals surface area contributed by atoms with E-state index in [9.17, 15) is 19.5 Å². The highest BCUT2D eigenvalue weighted by Gasteiger charge is 2.79. The SMILES string of the molecule is CSC1c2ccccc2O[C@]12C(=O)N1O[C@]3(CCC=CC3=O)[C@@H](O)C1(SC)C(=O)N2C. The van der Waals surface area contributed by atoms with E-state index in [-0.39, 0.29) is 6.42 Å². The zero-order valence-electron chi connectivity index (χ0n) is 17.2. The second-order valence-corrected chi connectivity index (χ2v) is 9.98. The molecule has 2 unspecified atom stereocenters. The fourth-order valence-corrected chi connectivity index (χ4v) is 7.18. The normalized spacial score (nSPS) is 38.8. The van der Waals surface area contributed by atoms with Gasteiger partial charge in [-0.1, -0.05) is 24.3 Å². The largest absolute Gasteiger partial charge is 0.456 e. The van der Waals surface area contributed by atoms with Gasteiger partial charge in [0.05, 0.1) is 0 Å². The molecule has 2 fully saturated rings. The molecule has 5 atom stereocenters. The van der Waals surface area contributed by atoms with Gasteiger partial charge in [0.2, 0.25) is 4.87 Å². The number of piperazine rings is 1. The predicted octanol–water partition coefficient (Wildman–Crippen LogP) is 1.50. The van der Waals surface area contributed by atoms with E-state index < -0.39 is 45.1 Å². The number of rotatable bonds is 2. The number of carbonyl (C=O) groups is 3. The van der Waals surface area contributed by atoms with E-state index in [0.717, 1.165) is 22.4 Å². The number of benzene rings is 1. The zero-order valence-corrected chi connectivity index (χ0v) is 18.9. The Labute approximate surface area is 187 Å². The third-order valence-corrected chi connectivity index (χ3v) is 8.94. The first-order chi connectivity index (χ1) is 14.8. The molecule has 3 aliphatic heterocycles. The van der Waals surface area contributed by atoms with Crippen LogP contribution in [0.3, 0.4) is 0 Å². The summed E-state index contributed by atoms with van der Waals surface area (Å²) in [5.74, 6) is -1.10. The molecule has 164 valence electrons. The molecule has 2 spiro atoms. The molecular formula is C21H22N2O6S2. The van der Waals surface area contributed by atoms with E-state index in [1.54, 1.807) is 24.5 Å². The molecule has 1 aromatic carbocycles. The summed E-state index contributed by atoms with van der Waals surface area (Å²) in [7, 11) is 1.50. The lowest BCUT2D eigenvalue weighted by Gasteiger charge is -2.51.